The summed E-state index contributed by atoms with van der Waals surface area (Å²) in [5, 5.41) is 0. The number of halogens is 4. The largest absolute Gasteiger partial charge is 0.491 e. The minimum Gasteiger partial charge on any atom is -0.491 e. The Hall–Kier alpha value is -3.34. The van der Waals surface area contributed by atoms with Crippen molar-refractivity contribution in [3.05, 3.63) is 113 Å². The van der Waals surface area contributed by atoms with E-state index in [0.717, 1.165) is 18.4 Å². The number of rotatable bonds is 8. The molecule has 1 aliphatic carbocycles. The molecule has 1 nitrogen and oxygen atoms in total. The van der Waals surface area contributed by atoms with Crippen molar-refractivity contribution in [3.63, 3.8) is 0 Å². The summed E-state index contributed by atoms with van der Waals surface area (Å²) in [6.45, 7) is 5.59. The fourth-order valence-corrected chi connectivity index (χ4v) is 4.65. The lowest BCUT2D eigenvalue weighted by molar-refractivity contribution is 0.314. The molecule has 182 valence electrons. The molecule has 35 heavy (non-hydrogen) atoms. The molecule has 0 saturated heterocycles. The zero-order chi connectivity index (χ0) is 24.9. The second-order valence-corrected chi connectivity index (χ2v) is 8.77. The van der Waals surface area contributed by atoms with Crippen LogP contribution in [0.5, 0.6) is 5.75 Å². The van der Waals surface area contributed by atoms with E-state index in [1.165, 1.54) is 18.2 Å². The smallest absolute Gasteiger partial charge is 0.201 e. The fraction of sp³-hybridized carbons (Fsp3) is 0.267. The Kier molecular flexibility index (Phi) is 7.74. The minimum atomic E-state index is -1.09. The quantitative estimate of drug-likeness (QED) is 0.232. The van der Waals surface area contributed by atoms with Crippen LogP contribution in [0.25, 0.3) is 11.1 Å². The van der Waals surface area contributed by atoms with Crippen molar-refractivity contribution in [1.29, 1.82) is 0 Å². The Labute approximate surface area is 203 Å². The molecule has 0 heterocycles. The summed E-state index contributed by atoms with van der Waals surface area (Å²) in [5.41, 5.74) is 2.29. The van der Waals surface area contributed by atoms with Crippen molar-refractivity contribution in [2.45, 2.75) is 44.4 Å². The van der Waals surface area contributed by atoms with E-state index in [9.17, 15) is 13.2 Å². The molecule has 0 fully saturated rings. The lowest BCUT2D eigenvalue weighted by atomic mass is 9.80. The average molecular weight is 481 g/mol. The summed E-state index contributed by atoms with van der Waals surface area (Å²) in [4.78, 5) is 0. The first-order valence-corrected chi connectivity index (χ1v) is 11.9. The molecule has 0 N–H and O–H groups in total. The van der Waals surface area contributed by atoms with E-state index in [0.29, 0.717) is 24.0 Å². The van der Waals surface area contributed by atoms with Crippen molar-refractivity contribution in [1.82, 2.24) is 0 Å². The normalized spacial score (nSPS) is 17.4. The van der Waals surface area contributed by atoms with Crippen LogP contribution in [0.2, 0.25) is 0 Å². The van der Waals surface area contributed by atoms with Crippen LogP contribution in [0, 0.1) is 23.3 Å². The zero-order valence-corrected chi connectivity index (χ0v) is 19.7. The summed E-state index contributed by atoms with van der Waals surface area (Å²) in [7, 11) is 0. The Bertz CT molecular complexity index is 1250. The molecule has 3 aromatic rings. The Balaban J connectivity index is 1.51. The number of aryl methyl sites for hydroxylation is 1. The molecule has 0 aliphatic heterocycles. The van der Waals surface area contributed by atoms with Crippen molar-refractivity contribution in [2.75, 3.05) is 6.61 Å². The van der Waals surface area contributed by atoms with E-state index in [1.807, 2.05) is 30.4 Å². The maximum absolute atomic E-state index is 15.0. The van der Waals surface area contributed by atoms with Crippen molar-refractivity contribution < 1.29 is 22.3 Å². The molecule has 0 bridgehead atoms. The monoisotopic (exact) mass is 480 g/mol. The van der Waals surface area contributed by atoms with Crippen LogP contribution in [0.3, 0.4) is 0 Å². The molecule has 0 saturated carbocycles. The molecule has 0 radical (unpaired) electrons. The van der Waals surface area contributed by atoms with Gasteiger partial charge in [0, 0.05) is 17.4 Å². The summed E-state index contributed by atoms with van der Waals surface area (Å²) >= 11 is 0. The predicted octanol–water partition coefficient (Wildman–Crippen LogP) is 8.64. The molecule has 4 rings (SSSR count). The zero-order valence-electron chi connectivity index (χ0n) is 19.7. The molecule has 5 heteroatoms. The number of allylic oxidation sites excluding steroid dienone is 3. The number of hydrogen-bond donors (Lipinski definition) is 0. The third-order valence-electron chi connectivity index (χ3n) is 6.52. The fourth-order valence-electron chi connectivity index (χ4n) is 4.65. The SMILES string of the molecule is C=CCCc1ccc(C2C=CC(c3ccc(-c4ccc(OCC)c(F)c4F)cc3F)CC2)c(F)c1. The predicted molar refractivity (Wildman–Crippen MR) is 132 cm³/mol. The summed E-state index contributed by atoms with van der Waals surface area (Å²) in [5.74, 6) is -3.27. The maximum atomic E-state index is 15.0. The van der Waals surface area contributed by atoms with Crippen LogP contribution in [0.4, 0.5) is 17.6 Å². The van der Waals surface area contributed by atoms with Gasteiger partial charge in [0.15, 0.2) is 11.6 Å². The van der Waals surface area contributed by atoms with E-state index in [1.54, 1.807) is 25.1 Å². The van der Waals surface area contributed by atoms with Gasteiger partial charge in [0.05, 0.1) is 6.61 Å². The summed E-state index contributed by atoms with van der Waals surface area (Å²) < 4.78 is 63.6. The molecule has 2 unspecified atom stereocenters. The van der Waals surface area contributed by atoms with Gasteiger partial charge in [0.25, 0.3) is 0 Å². The van der Waals surface area contributed by atoms with Gasteiger partial charge in [0.2, 0.25) is 5.82 Å². The molecule has 0 aromatic heterocycles. The second-order valence-electron chi connectivity index (χ2n) is 8.77. The highest BCUT2D eigenvalue weighted by Crippen LogP contribution is 2.38. The van der Waals surface area contributed by atoms with Gasteiger partial charge in [-0.1, -0.05) is 42.5 Å². The Morgan fingerprint density at radius 3 is 2.09 bits per heavy atom. The van der Waals surface area contributed by atoms with Crippen molar-refractivity contribution >= 4 is 0 Å². The summed E-state index contributed by atoms with van der Waals surface area (Å²) in [6.07, 6.45) is 8.55. The van der Waals surface area contributed by atoms with Crippen molar-refractivity contribution in [2.24, 2.45) is 0 Å². The second kappa shape index (κ2) is 10.9. The van der Waals surface area contributed by atoms with Gasteiger partial charge >= 0.3 is 0 Å². The highest BCUT2D eigenvalue weighted by atomic mass is 19.2. The lowest BCUT2D eigenvalue weighted by Gasteiger charge is -2.24. The first kappa shape index (κ1) is 24.8. The van der Waals surface area contributed by atoms with Gasteiger partial charge in [0.1, 0.15) is 11.6 Å². The third-order valence-corrected chi connectivity index (χ3v) is 6.52. The van der Waals surface area contributed by atoms with Crippen LogP contribution >= 0.6 is 0 Å². The molecular formula is C30H28F4O. The van der Waals surface area contributed by atoms with Gasteiger partial charge in [-0.3, -0.25) is 0 Å². The number of hydrogen-bond acceptors (Lipinski definition) is 1. The van der Waals surface area contributed by atoms with Crippen LogP contribution < -0.4 is 4.74 Å². The van der Waals surface area contributed by atoms with E-state index in [4.69, 9.17) is 4.74 Å². The van der Waals surface area contributed by atoms with Gasteiger partial charge in [-0.15, -0.1) is 6.58 Å². The highest BCUT2D eigenvalue weighted by Gasteiger charge is 2.23. The van der Waals surface area contributed by atoms with Crippen LogP contribution in [-0.4, -0.2) is 6.61 Å². The topological polar surface area (TPSA) is 9.23 Å². The standard InChI is InChI=1S/C30H28F4O/c1-3-5-6-19-7-13-23(26(31)17-19)20-8-10-21(11-9-20)24-14-12-22(18-27(24)32)25-15-16-28(35-4-2)30(34)29(25)33/h3,7-8,10,12-18,20-21H,1,4-6,9,11H2,2H3. The van der Waals surface area contributed by atoms with Crippen LogP contribution in [0.15, 0.2) is 73.3 Å². The van der Waals surface area contributed by atoms with Gasteiger partial charge in [-0.05, 0) is 79.1 Å². The van der Waals surface area contributed by atoms with Crippen LogP contribution in [0.1, 0.15) is 54.7 Å². The summed E-state index contributed by atoms with van der Waals surface area (Å²) in [6, 6.07) is 12.5. The highest BCUT2D eigenvalue weighted by molar-refractivity contribution is 5.66. The average Bonchev–Trinajstić information content (AvgIpc) is 2.86. The molecule has 0 spiro atoms. The van der Waals surface area contributed by atoms with Crippen LogP contribution in [-0.2, 0) is 6.42 Å². The first-order valence-electron chi connectivity index (χ1n) is 11.9. The lowest BCUT2D eigenvalue weighted by Crippen LogP contribution is -2.09. The van der Waals surface area contributed by atoms with E-state index >= 15 is 4.39 Å². The van der Waals surface area contributed by atoms with E-state index in [2.05, 4.69) is 6.58 Å². The third kappa shape index (κ3) is 5.34. The Morgan fingerprint density at radius 2 is 1.51 bits per heavy atom. The molecular weight excluding hydrogens is 452 g/mol. The van der Waals surface area contributed by atoms with E-state index in [-0.39, 0.29) is 41.1 Å². The molecule has 1 aliphatic rings. The maximum Gasteiger partial charge on any atom is 0.201 e. The number of benzene rings is 3. The minimum absolute atomic E-state index is 0.0253. The van der Waals surface area contributed by atoms with Gasteiger partial charge < -0.3 is 4.74 Å². The molecule has 0 amide bonds. The Morgan fingerprint density at radius 1 is 0.857 bits per heavy atom. The van der Waals surface area contributed by atoms with Gasteiger partial charge in [-0.25, -0.2) is 13.2 Å². The number of ether oxygens (including phenoxy) is 1. The van der Waals surface area contributed by atoms with E-state index < -0.39 is 17.5 Å². The van der Waals surface area contributed by atoms with Crippen molar-refractivity contribution in [3.8, 4) is 16.9 Å². The van der Waals surface area contributed by atoms with Gasteiger partial charge in [-0.2, -0.15) is 4.39 Å². The first-order chi connectivity index (χ1) is 16.9. The molecule has 3 aromatic carbocycles. The molecule has 2 atom stereocenters.